The molecule has 10 heteroatoms. The molecule has 0 saturated carbocycles. The van der Waals surface area contributed by atoms with Crippen molar-refractivity contribution in [2.75, 3.05) is 19.3 Å². The topological polar surface area (TPSA) is 100 Å². The van der Waals surface area contributed by atoms with E-state index in [2.05, 4.69) is 4.98 Å². The van der Waals surface area contributed by atoms with Gasteiger partial charge in [-0.25, -0.2) is 27.2 Å². The molecule has 4 heterocycles. The highest BCUT2D eigenvalue weighted by atomic mass is 32.2. The highest BCUT2D eigenvalue weighted by Crippen LogP contribution is 2.38. The van der Waals surface area contributed by atoms with E-state index in [-0.39, 0.29) is 37.3 Å². The molecule has 0 N–H and O–H groups in total. The number of pyridine rings is 1. The van der Waals surface area contributed by atoms with Crippen LogP contribution in [-0.4, -0.2) is 77.1 Å². The summed E-state index contributed by atoms with van der Waals surface area (Å²) in [5.41, 5.74) is 0. The van der Waals surface area contributed by atoms with Gasteiger partial charge in [0.05, 0.1) is 19.3 Å². The SMILES string of the molecule is CS(=O)(=O)N1CCN(C(=O)N2C3CCC2CC(Oc2ccncc2)C3)C1=O. The minimum absolute atomic E-state index is 0.00294. The number of nitrogens with zero attached hydrogens (tertiary/aromatic N) is 4. The number of urea groups is 2. The van der Waals surface area contributed by atoms with Crippen LogP contribution in [0.4, 0.5) is 9.59 Å². The first-order valence-corrected chi connectivity index (χ1v) is 10.9. The van der Waals surface area contributed by atoms with Crippen LogP contribution in [-0.2, 0) is 10.0 Å². The van der Waals surface area contributed by atoms with Crippen molar-refractivity contribution >= 4 is 22.1 Å². The first-order chi connectivity index (χ1) is 12.8. The third-order valence-electron chi connectivity index (χ3n) is 5.47. The van der Waals surface area contributed by atoms with Crippen LogP contribution in [0.2, 0.25) is 0 Å². The number of aromatic nitrogens is 1. The number of carbonyl (C=O) groups is 2. The summed E-state index contributed by atoms with van der Waals surface area (Å²) in [6.07, 6.45) is 7.46. The van der Waals surface area contributed by atoms with Gasteiger partial charge in [0, 0.05) is 37.3 Å². The maximum atomic E-state index is 13.0. The largest absolute Gasteiger partial charge is 0.490 e. The Morgan fingerprint density at radius 1 is 1.15 bits per heavy atom. The van der Waals surface area contributed by atoms with Gasteiger partial charge in [0.1, 0.15) is 11.9 Å². The lowest BCUT2D eigenvalue weighted by Gasteiger charge is -2.40. The lowest BCUT2D eigenvalue weighted by Crippen LogP contribution is -2.54. The molecule has 3 aliphatic rings. The van der Waals surface area contributed by atoms with E-state index in [9.17, 15) is 18.0 Å². The molecule has 0 aromatic carbocycles. The standard InChI is InChI=1S/C17H22N4O5S/c1-27(24,25)20-9-8-19(16(20)22)17(23)21-12-2-3-13(21)11-15(10-12)26-14-4-6-18-7-5-14/h4-7,12-13,15H,2-3,8-11H2,1H3. The van der Waals surface area contributed by atoms with Crippen LogP contribution in [0.5, 0.6) is 5.75 Å². The number of imide groups is 1. The zero-order valence-corrected chi connectivity index (χ0v) is 15.8. The van der Waals surface area contributed by atoms with Gasteiger partial charge < -0.3 is 9.64 Å². The van der Waals surface area contributed by atoms with Crippen LogP contribution < -0.4 is 4.74 Å². The molecule has 146 valence electrons. The fourth-order valence-corrected chi connectivity index (χ4v) is 5.08. The van der Waals surface area contributed by atoms with Crippen molar-refractivity contribution in [1.29, 1.82) is 0 Å². The third-order valence-corrected chi connectivity index (χ3v) is 6.60. The number of hydrogen-bond donors (Lipinski definition) is 0. The van der Waals surface area contributed by atoms with Crippen molar-refractivity contribution in [3.63, 3.8) is 0 Å². The van der Waals surface area contributed by atoms with Crippen LogP contribution in [0.1, 0.15) is 25.7 Å². The van der Waals surface area contributed by atoms with Gasteiger partial charge in [0.15, 0.2) is 0 Å². The average Bonchev–Trinajstić information content (AvgIpc) is 3.13. The normalized spacial score (nSPS) is 28.0. The lowest BCUT2D eigenvalue weighted by molar-refractivity contribution is 0.0602. The molecular weight excluding hydrogens is 372 g/mol. The molecule has 27 heavy (non-hydrogen) atoms. The molecule has 4 rings (SSSR count). The fraction of sp³-hybridized carbons (Fsp3) is 0.588. The zero-order chi connectivity index (χ0) is 19.2. The van der Waals surface area contributed by atoms with Gasteiger partial charge >= 0.3 is 12.1 Å². The Morgan fingerprint density at radius 2 is 1.78 bits per heavy atom. The molecule has 2 atom stereocenters. The number of fused-ring (bicyclic) bond motifs is 2. The van der Waals surface area contributed by atoms with E-state index in [0.29, 0.717) is 12.8 Å². The Kier molecular flexibility index (Phi) is 4.45. The Bertz CT molecular complexity index is 832. The Balaban J connectivity index is 1.44. The second-order valence-electron chi connectivity index (χ2n) is 7.24. The van der Waals surface area contributed by atoms with E-state index in [1.807, 2.05) is 12.1 Å². The highest BCUT2D eigenvalue weighted by molar-refractivity contribution is 7.88. The number of ether oxygens (including phenoxy) is 1. The van der Waals surface area contributed by atoms with Crippen LogP contribution >= 0.6 is 0 Å². The van der Waals surface area contributed by atoms with Crippen molar-refractivity contribution in [3.05, 3.63) is 24.5 Å². The molecule has 3 saturated heterocycles. The quantitative estimate of drug-likeness (QED) is 0.765. The van der Waals surface area contributed by atoms with Gasteiger partial charge in [0.25, 0.3) is 0 Å². The Hall–Kier alpha value is -2.36. The molecule has 3 aliphatic heterocycles. The first-order valence-electron chi connectivity index (χ1n) is 9.03. The van der Waals surface area contributed by atoms with Crippen molar-refractivity contribution in [1.82, 2.24) is 19.1 Å². The first kappa shape index (κ1) is 18.0. The molecule has 2 unspecified atom stereocenters. The minimum atomic E-state index is -3.66. The van der Waals surface area contributed by atoms with E-state index in [1.165, 1.54) is 0 Å². The smallest absolute Gasteiger partial charge is 0.341 e. The van der Waals surface area contributed by atoms with E-state index >= 15 is 0 Å². The summed E-state index contributed by atoms with van der Waals surface area (Å²) in [6.45, 7) is 0.109. The van der Waals surface area contributed by atoms with Crippen LogP contribution in [0, 0.1) is 0 Å². The van der Waals surface area contributed by atoms with Gasteiger partial charge in [-0.05, 0) is 25.0 Å². The van der Waals surface area contributed by atoms with Crippen LogP contribution in [0.15, 0.2) is 24.5 Å². The number of hydrogen-bond acceptors (Lipinski definition) is 6. The molecular formula is C17H22N4O5S. The Morgan fingerprint density at radius 3 is 2.33 bits per heavy atom. The average molecular weight is 394 g/mol. The predicted molar refractivity (Wildman–Crippen MR) is 95.6 cm³/mol. The number of sulfonamides is 1. The second-order valence-corrected chi connectivity index (χ2v) is 9.15. The summed E-state index contributed by atoms with van der Waals surface area (Å²) < 4.78 is 30.1. The van der Waals surface area contributed by atoms with Crippen molar-refractivity contribution in [3.8, 4) is 5.75 Å². The lowest BCUT2D eigenvalue weighted by atomic mass is 10.00. The third kappa shape index (κ3) is 3.33. The maximum Gasteiger partial charge on any atom is 0.341 e. The number of piperidine rings is 1. The summed E-state index contributed by atoms with van der Waals surface area (Å²) in [5.74, 6) is 0.757. The summed E-state index contributed by atoms with van der Waals surface area (Å²) in [6, 6.07) is 2.48. The summed E-state index contributed by atoms with van der Waals surface area (Å²) in [7, 11) is -3.66. The predicted octanol–water partition coefficient (Wildman–Crippen LogP) is 1.27. The monoisotopic (exact) mass is 394 g/mol. The number of carbonyl (C=O) groups excluding carboxylic acids is 2. The summed E-state index contributed by atoms with van der Waals surface area (Å²) >= 11 is 0. The summed E-state index contributed by atoms with van der Waals surface area (Å²) in [5, 5.41) is 0. The molecule has 2 bridgehead atoms. The molecule has 0 spiro atoms. The van der Waals surface area contributed by atoms with Crippen molar-refractivity contribution < 1.29 is 22.7 Å². The van der Waals surface area contributed by atoms with E-state index in [1.54, 1.807) is 17.3 Å². The van der Waals surface area contributed by atoms with Gasteiger partial charge in [-0.1, -0.05) is 0 Å². The highest BCUT2D eigenvalue weighted by Gasteiger charge is 2.48. The van der Waals surface area contributed by atoms with Gasteiger partial charge in [0.2, 0.25) is 10.0 Å². The van der Waals surface area contributed by atoms with Crippen LogP contribution in [0.3, 0.4) is 0 Å². The van der Waals surface area contributed by atoms with Gasteiger partial charge in [-0.15, -0.1) is 0 Å². The van der Waals surface area contributed by atoms with Gasteiger partial charge in [-0.3, -0.25) is 4.98 Å². The minimum Gasteiger partial charge on any atom is -0.490 e. The van der Waals surface area contributed by atoms with Crippen LogP contribution in [0.25, 0.3) is 0 Å². The molecule has 9 nitrogen and oxygen atoms in total. The second kappa shape index (κ2) is 6.66. The number of rotatable bonds is 3. The maximum absolute atomic E-state index is 13.0. The number of amides is 4. The van der Waals surface area contributed by atoms with E-state index < -0.39 is 16.1 Å². The molecule has 1 aromatic heterocycles. The Labute approximate surface area is 157 Å². The summed E-state index contributed by atoms with van der Waals surface area (Å²) in [4.78, 5) is 32.1. The molecule has 0 radical (unpaired) electrons. The molecule has 3 fully saturated rings. The molecule has 1 aromatic rings. The van der Waals surface area contributed by atoms with Crippen molar-refractivity contribution in [2.45, 2.75) is 43.9 Å². The fourth-order valence-electron chi connectivity index (χ4n) is 4.29. The van der Waals surface area contributed by atoms with E-state index in [0.717, 1.165) is 34.1 Å². The van der Waals surface area contributed by atoms with E-state index in [4.69, 9.17) is 4.74 Å². The zero-order valence-electron chi connectivity index (χ0n) is 15.0. The molecule has 4 amide bonds. The molecule has 0 aliphatic carbocycles. The van der Waals surface area contributed by atoms with Crippen molar-refractivity contribution in [2.24, 2.45) is 0 Å². The van der Waals surface area contributed by atoms with Gasteiger partial charge in [-0.2, -0.15) is 0 Å².